The van der Waals surface area contributed by atoms with Crippen molar-refractivity contribution in [2.75, 3.05) is 7.11 Å². The number of hydrogen-bond acceptors (Lipinski definition) is 3. The zero-order valence-electron chi connectivity index (χ0n) is 9.62. The van der Waals surface area contributed by atoms with Crippen LogP contribution in [0.3, 0.4) is 0 Å². The lowest BCUT2D eigenvalue weighted by Gasteiger charge is -2.10. The van der Waals surface area contributed by atoms with E-state index in [9.17, 15) is 4.79 Å². The number of esters is 1. The predicted molar refractivity (Wildman–Crippen MR) is 65.6 cm³/mol. The molecule has 0 aromatic heterocycles. The Kier molecular flexibility index (Phi) is 4.80. The van der Waals surface area contributed by atoms with Crippen LogP contribution in [0.2, 0.25) is 0 Å². The third kappa shape index (κ3) is 3.85. The minimum Gasteiger partial charge on any atom is -0.496 e. The van der Waals surface area contributed by atoms with Crippen LogP contribution < -0.4 is 4.74 Å². The molecular weight excluding hydrogens is 272 g/mol. The average Bonchev–Trinajstić information content (AvgIpc) is 2.16. The summed E-state index contributed by atoms with van der Waals surface area (Å²) in [4.78, 5) is 11.5. The van der Waals surface area contributed by atoms with Gasteiger partial charge in [0, 0.05) is 10.0 Å². The molecule has 0 aliphatic heterocycles. The van der Waals surface area contributed by atoms with Gasteiger partial charge in [-0.3, -0.25) is 4.79 Å². The van der Waals surface area contributed by atoms with Gasteiger partial charge in [0.1, 0.15) is 5.75 Å². The van der Waals surface area contributed by atoms with E-state index in [0.29, 0.717) is 5.75 Å². The number of hydrogen-bond donors (Lipinski definition) is 0. The molecule has 0 amide bonds. The number of carbonyl (C=O) groups is 1. The monoisotopic (exact) mass is 286 g/mol. The lowest BCUT2D eigenvalue weighted by molar-refractivity contribution is -0.146. The fraction of sp³-hybridized carbons (Fsp3) is 0.417. The molecule has 0 heterocycles. The van der Waals surface area contributed by atoms with Crippen LogP contribution >= 0.6 is 15.9 Å². The van der Waals surface area contributed by atoms with E-state index in [4.69, 9.17) is 9.47 Å². The molecule has 0 unspecified atom stereocenters. The molecular formula is C12H15BrO3. The van der Waals surface area contributed by atoms with E-state index in [1.165, 1.54) is 0 Å². The molecule has 0 N–H and O–H groups in total. The highest BCUT2D eigenvalue weighted by Gasteiger charge is 2.11. The van der Waals surface area contributed by atoms with Gasteiger partial charge in [-0.25, -0.2) is 0 Å². The minimum absolute atomic E-state index is 0.0920. The molecule has 16 heavy (non-hydrogen) atoms. The van der Waals surface area contributed by atoms with E-state index >= 15 is 0 Å². The molecule has 4 heteroatoms. The topological polar surface area (TPSA) is 35.5 Å². The van der Waals surface area contributed by atoms with Crippen molar-refractivity contribution in [3.05, 3.63) is 28.2 Å². The summed E-state index contributed by atoms with van der Waals surface area (Å²) in [6.45, 7) is 3.66. The highest BCUT2D eigenvalue weighted by molar-refractivity contribution is 9.10. The summed E-state index contributed by atoms with van der Waals surface area (Å²) in [5.41, 5.74) is 0.822. The molecule has 3 nitrogen and oxygen atoms in total. The van der Waals surface area contributed by atoms with E-state index in [1.54, 1.807) is 7.11 Å². The molecule has 1 aromatic rings. The van der Waals surface area contributed by atoms with Crippen LogP contribution in [-0.2, 0) is 16.0 Å². The summed E-state index contributed by atoms with van der Waals surface area (Å²) in [7, 11) is 1.58. The Hall–Kier alpha value is -1.03. The van der Waals surface area contributed by atoms with Gasteiger partial charge in [-0.2, -0.15) is 0 Å². The van der Waals surface area contributed by atoms with Crippen LogP contribution in [0.25, 0.3) is 0 Å². The van der Waals surface area contributed by atoms with Gasteiger partial charge in [-0.15, -0.1) is 0 Å². The maximum absolute atomic E-state index is 11.5. The summed E-state index contributed by atoms with van der Waals surface area (Å²) >= 11 is 3.36. The third-order valence-corrected chi connectivity index (χ3v) is 2.44. The smallest absolute Gasteiger partial charge is 0.310 e. The Morgan fingerprint density at radius 1 is 1.44 bits per heavy atom. The first-order valence-electron chi connectivity index (χ1n) is 5.05. The molecule has 0 fully saturated rings. The second kappa shape index (κ2) is 5.89. The Balaban J connectivity index is 2.79. The number of carbonyl (C=O) groups excluding carboxylic acids is 1. The van der Waals surface area contributed by atoms with Gasteiger partial charge in [0.05, 0.1) is 19.6 Å². The van der Waals surface area contributed by atoms with E-state index < -0.39 is 0 Å². The fourth-order valence-corrected chi connectivity index (χ4v) is 1.75. The summed E-state index contributed by atoms with van der Waals surface area (Å²) in [6.07, 6.45) is 0.131. The number of halogens is 1. The second-order valence-electron chi connectivity index (χ2n) is 3.67. The maximum Gasteiger partial charge on any atom is 0.310 e. The second-order valence-corrected chi connectivity index (χ2v) is 4.59. The predicted octanol–water partition coefficient (Wildman–Crippen LogP) is 2.95. The molecule has 0 aliphatic rings. The van der Waals surface area contributed by atoms with Gasteiger partial charge >= 0.3 is 5.97 Å². The van der Waals surface area contributed by atoms with E-state index in [2.05, 4.69) is 15.9 Å². The molecule has 0 atom stereocenters. The first-order valence-corrected chi connectivity index (χ1v) is 5.84. The molecule has 0 saturated carbocycles. The van der Waals surface area contributed by atoms with Crippen LogP contribution in [0.1, 0.15) is 19.4 Å². The van der Waals surface area contributed by atoms with Crippen molar-refractivity contribution in [3.63, 3.8) is 0 Å². The van der Waals surface area contributed by atoms with Crippen molar-refractivity contribution >= 4 is 21.9 Å². The summed E-state index contributed by atoms with van der Waals surface area (Å²) in [5, 5.41) is 0. The standard InChI is InChI=1S/C12H15BrO3/c1-8(2)16-12(14)7-9-6-10(13)4-5-11(9)15-3/h4-6,8H,7H2,1-3H3. The van der Waals surface area contributed by atoms with Crippen molar-refractivity contribution in [2.45, 2.75) is 26.4 Å². The minimum atomic E-state index is -0.244. The van der Waals surface area contributed by atoms with Crippen molar-refractivity contribution < 1.29 is 14.3 Å². The molecule has 88 valence electrons. The average molecular weight is 287 g/mol. The Bertz CT molecular complexity index is 375. The highest BCUT2D eigenvalue weighted by atomic mass is 79.9. The van der Waals surface area contributed by atoms with Gasteiger partial charge in [0.15, 0.2) is 0 Å². The molecule has 0 bridgehead atoms. The molecule has 1 rings (SSSR count). The van der Waals surface area contributed by atoms with E-state index in [0.717, 1.165) is 10.0 Å². The van der Waals surface area contributed by atoms with Crippen molar-refractivity contribution in [1.29, 1.82) is 0 Å². The van der Waals surface area contributed by atoms with Crippen molar-refractivity contribution in [1.82, 2.24) is 0 Å². The van der Waals surface area contributed by atoms with Gasteiger partial charge < -0.3 is 9.47 Å². The molecule has 0 saturated heterocycles. The summed E-state index contributed by atoms with van der Waals surface area (Å²) < 4.78 is 11.2. The van der Waals surface area contributed by atoms with Crippen LogP contribution in [0, 0.1) is 0 Å². The Morgan fingerprint density at radius 3 is 2.69 bits per heavy atom. The zero-order valence-corrected chi connectivity index (χ0v) is 11.2. The SMILES string of the molecule is COc1ccc(Br)cc1CC(=O)OC(C)C. The Labute approximate surface area is 104 Å². The number of rotatable bonds is 4. The van der Waals surface area contributed by atoms with Crippen molar-refractivity contribution in [2.24, 2.45) is 0 Å². The van der Waals surface area contributed by atoms with Crippen LogP contribution in [0.4, 0.5) is 0 Å². The largest absolute Gasteiger partial charge is 0.496 e. The van der Waals surface area contributed by atoms with Gasteiger partial charge in [-0.1, -0.05) is 15.9 Å². The number of ether oxygens (including phenoxy) is 2. The summed E-state index contributed by atoms with van der Waals surface area (Å²) in [5.74, 6) is 0.454. The van der Waals surface area contributed by atoms with Crippen LogP contribution in [-0.4, -0.2) is 19.2 Å². The third-order valence-electron chi connectivity index (χ3n) is 1.94. The van der Waals surface area contributed by atoms with E-state index in [1.807, 2.05) is 32.0 Å². The molecule has 1 aromatic carbocycles. The van der Waals surface area contributed by atoms with E-state index in [-0.39, 0.29) is 18.5 Å². The quantitative estimate of drug-likeness (QED) is 0.799. The molecule has 0 aliphatic carbocycles. The molecule has 0 spiro atoms. The van der Waals surface area contributed by atoms with Crippen molar-refractivity contribution in [3.8, 4) is 5.75 Å². The maximum atomic E-state index is 11.5. The zero-order chi connectivity index (χ0) is 12.1. The lowest BCUT2D eigenvalue weighted by Crippen LogP contribution is -2.14. The fourth-order valence-electron chi connectivity index (χ4n) is 1.35. The normalized spacial score (nSPS) is 10.3. The van der Waals surface area contributed by atoms with Gasteiger partial charge in [0.2, 0.25) is 0 Å². The van der Waals surface area contributed by atoms with Crippen LogP contribution in [0.15, 0.2) is 22.7 Å². The number of methoxy groups -OCH3 is 1. The lowest BCUT2D eigenvalue weighted by atomic mass is 10.1. The summed E-state index contributed by atoms with van der Waals surface area (Å²) in [6, 6.07) is 5.55. The van der Waals surface area contributed by atoms with Gasteiger partial charge in [0.25, 0.3) is 0 Å². The molecule has 0 radical (unpaired) electrons. The number of benzene rings is 1. The van der Waals surface area contributed by atoms with Gasteiger partial charge in [-0.05, 0) is 32.0 Å². The Morgan fingerprint density at radius 2 is 2.12 bits per heavy atom. The first kappa shape index (κ1) is 13.0. The van der Waals surface area contributed by atoms with Crippen LogP contribution in [0.5, 0.6) is 5.75 Å². The highest BCUT2D eigenvalue weighted by Crippen LogP contribution is 2.23. The first-order chi connectivity index (χ1) is 7.52.